The van der Waals surface area contributed by atoms with E-state index in [4.69, 9.17) is 22.1 Å². The van der Waals surface area contributed by atoms with Crippen molar-refractivity contribution in [1.82, 2.24) is 0 Å². The van der Waals surface area contributed by atoms with Gasteiger partial charge in [-0.1, -0.05) is 41.9 Å². The highest BCUT2D eigenvalue weighted by Crippen LogP contribution is 2.41. The first-order valence-electron chi connectivity index (χ1n) is 8.18. The van der Waals surface area contributed by atoms with Crippen molar-refractivity contribution in [3.05, 3.63) is 87.4 Å². The zero-order chi connectivity index (χ0) is 19.1. The molecule has 4 rings (SSSR count). The molecule has 0 aliphatic heterocycles. The number of anilines is 1. The van der Waals surface area contributed by atoms with Gasteiger partial charge >= 0.3 is 0 Å². The standard InChI is InChI=1S/C21H14ClNO4/c22-12-6-7-13-14(8-12)21(26)18-17(20(13)25)15(24)9-16(19(18)23)27-10-11-4-2-1-3-5-11/h1-9,24H,10,23H2. The summed E-state index contributed by atoms with van der Waals surface area (Å²) in [4.78, 5) is 25.7. The van der Waals surface area contributed by atoms with Gasteiger partial charge < -0.3 is 15.6 Å². The van der Waals surface area contributed by atoms with Crippen LogP contribution in [-0.2, 0) is 6.61 Å². The van der Waals surface area contributed by atoms with Crippen molar-refractivity contribution < 1.29 is 19.4 Å². The number of phenolic OH excluding ortho intramolecular Hbond substituents is 1. The van der Waals surface area contributed by atoms with Crippen LogP contribution in [-0.4, -0.2) is 16.7 Å². The predicted molar refractivity (Wildman–Crippen MR) is 102 cm³/mol. The second kappa shape index (κ2) is 6.45. The third-order valence-electron chi connectivity index (χ3n) is 4.47. The van der Waals surface area contributed by atoms with Crippen molar-refractivity contribution in [3.8, 4) is 11.5 Å². The molecular weight excluding hydrogens is 366 g/mol. The number of phenols is 1. The number of ether oxygens (including phenoxy) is 1. The number of rotatable bonds is 3. The maximum Gasteiger partial charge on any atom is 0.198 e. The Morgan fingerprint density at radius 3 is 2.37 bits per heavy atom. The first kappa shape index (κ1) is 17.1. The van der Waals surface area contributed by atoms with Crippen LogP contribution in [0.15, 0.2) is 54.6 Å². The largest absolute Gasteiger partial charge is 0.507 e. The van der Waals surface area contributed by atoms with Crippen molar-refractivity contribution >= 4 is 28.9 Å². The number of hydrogen-bond donors (Lipinski definition) is 2. The predicted octanol–water partition coefficient (Wildman–Crippen LogP) is 3.98. The van der Waals surface area contributed by atoms with E-state index in [1.807, 2.05) is 30.3 Å². The highest BCUT2D eigenvalue weighted by Gasteiger charge is 2.35. The molecule has 0 amide bonds. The van der Waals surface area contributed by atoms with E-state index < -0.39 is 11.6 Å². The molecule has 27 heavy (non-hydrogen) atoms. The lowest BCUT2D eigenvalue weighted by molar-refractivity contribution is 0.0977. The van der Waals surface area contributed by atoms with Crippen molar-refractivity contribution in [2.24, 2.45) is 0 Å². The Bertz CT molecular complexity index is 1090. The van der Waals surface area contributed by atoms with Crippen LogP contribution in [0.1, 0.15) is 37.4 Å². The fourth-order valence-electron chi connectivity index (χ4n) is 3.15. The van der Waals surface area contributed by atoms with Gasteiger partial charge in [0.1, 0.15) is 18.1 Å². The molecule has 3 aromatic carbocycles. The lowest BCUT2D eigenvalue weighted by atomic mass is 9.82. The highest BCUT2D eigenvalue weighted by molar-refractivity contribution is 6.34. The quantitative estimate of drug-likeness (QED) is 0.415. The van der Waals surface area contributed by atoms with Crippen molar-refractivity contribution in [2.45, 2.75) is 6.61 Å². The van der Waals surface area contributed by atoms with Gasteiger partial charge in [0.25, 0.3) is 0 Å². The summed E-state index contributed by atoms with van der Waals surface area (Å²) in [5, 5.41) is 10.7. The smallest absolute Gasteiger partial charge is 0.198 e. The van der Waals surface area contributed by atoms with Gasteiger partial charge in [0, 0.05) is 22.2 Å². The van der Waals surface area contributed by atoms with Gasteiger partial charge in [0.05, 0.1) is 16.8 Å². The lowest BCUT2D eigenvalue weighted by Gasteiger charge is -2.22. The van der Waals surface area contributed by atoms with E-state index in [0.717, 1.165) is 5.56 Å². The second-order valence-electron chi connectivity index (χ2n) is 6.18. The number of nitrogen functional groups attached to an aromatic ring is 1. The molecule has 3 aromatic rings. The minimum absolute atomic E-state index is 0.0164. The lowest BCUT2D eigenvalue weighted by Crippen LogP contribution is -2.23. The highest BCUT2D eigenvalue weighted by atomic mass is 35.5. The summed E-state index contributed by atoms with van der Waals surface area (Å²) in [6.45, 7) is 0.202. The maximum atomic E-state index is 12.9. The summed E-state index contributed by atoms with van der Waals surface area (Å²) >= 11 is 5.97. The minimum Gasteiger partial charge on any atom is -0.507 e. The van der Waals surface area contributed by atoms with Crippen molar-refractivity contribution in [2.75, 3.05) is 5.73 Å². The Labute approximate surface area is 160 Å². The third kappa shape index (κ3) is 2.82. The van der Waals surface area contributed by atoms with E-state index in [-0.39, 0.29) is 46.0 Å². The first-order valence-corrected chi connectivity index (χ1v) is 8.56. The van der Waals surface area contributed by atoms with E-state index in [1.54, 1.807) is 0 Å². The van der Waals surface area contributed by atoms with E-state index >= 15 is 0 Å². The molecule has 0 heterocycles. The van der Waals surface area contributed by atoms with E-state index in [1.165, 1.54) is 24.3 Å². The third-order valence-corrected chi connectivity index (χ3v) is 4.71. The van der Waals surface area contributed by atoms with Crippen LogP contribution in [0, 0.1) is 0 Å². The van der Waals surface area contributed by atoms with Crippen LogP contribution in [0.4, 0.5) is 5.69 Å². The fourth-order valence-corrected chi connectivity index (χ4v) is 3.32. The van der Waals surface area contributed by atoms with Gasteiger partial charge in [0.2, 0.25) is 0 Å². The fraction of sp³-hybridized carbons (Fsp3) is 0.0476. The molecule has 3 N–H and O–H groups in total. The van der Waals surface area contributed by atoms with E-state index in [2.05, 4.69) is 0 Å². The minimum atomic E-state index is -0.477. The zero-order valence-electron chi connectivity index (χ0n) is 14.0. The molecule has 0 atom stereocenters. The van der Waals surface area contributed by atoms with Gasteiger partial charge in [-0.3, -0.25) is 9.59 Å². The monoisotopic (exact) mass is 379 g/mol. The maximum absolute atomic E-state index is 12.9. The Balaban J connectivity index is 1.79. The number of fused-ring (bicyclic) bond motifs is 2. The Morgan fingerprint density at radius 2 is 1.63 bits per heavy atom. The summed E-state index contributed by atoms with van der Waals surface area (Å²) < 4.78 is 5.69. The number of carbonyl (C=O) groups excluding carboxylic acids is 2. The number of ketones is 2. The van der Waals surface area contributed by atoms with Gasteiger partial charge in [0.15, 0.2) is 11.6 Å². The van der Waals surface area contributed by atoms with E-state index in [0.29, 0.717) is 5.02 Å². The van der Waals surface area contributed by atoms with Crippen molar-refractivity contribution in [1.29, 1.82) is 0 Å². The molecule has 0 bridgehead atoms. The Hall–Kier alpha value is -3.31. The normalized spacial score (nSPS) is 12.5. The number of benzene rings is 3. The Morgan fingerprint density at radius 1 is 0.926 bits per heavy atom. The Kier molecular flexibility index (Phi) is 4.09. The van der Waals surface area contributed by atoms with Crippen LogP contribution in [0.25, 0.3) is 0 Å². The molecule has 134 valence electrons. The average molecular weight is 380 g/mol. The van der Waals surface area contributed by atoms with Crippen molar-refractivity contribution in [3.63, 3.8) is 0 Å². The van der Waals surface area contributed by atoms with Crippen LogP contribution in [0.3, 0.4) is 0 Å². The van der Waals surface area contributed by atoms with Crippen LogP contribution in [0.5, 0.6) is 11.5 Å². The van der Waals surface area contributed by atoms with Gasteiger partial charge in [-0.15, -0.1) is 0 Å². The summed E-state index contributed by atoms with van der Waals surface area (Å²) in [5.74, 6) is -1.15. The van der Waals surface area contributed by atoms with Crippen LogP contribution >= 0.6 is 11.6 Å². The molecular formula is C21H14ClNO4. The second-order valence-corrected chi connectivity index (χ2v) is 6.62. The molecule has 6 heteroatoms. The molecule has 0 saturated heterocycles. The number of nitrogens with two attached hydrogens (primary N) is 1. The molecule has 0 fully saturated rings. The zero-order valence-corrected chi connectivity index (χ0v) is 14.8. The molecule has 1 aliphatic carbocycles. The molecule has 0 unspecified atom stereocenters. The molecule has 0 spiro atoms. The SMILES string of the molecule is Nc1c(OCc2ccccc2)cc(O)c2c1C(=O)c1cc(Cl)ccc1C2=O. The summed E-state index contributed by atoms with van der Waals surface area (Å²) in [6, 6.07) is 15.1. The van der Waals surface area contributed by atoms with Crippen LogP contribution < -0.4 is 10.5 Å². The summed E-state index contributed by atoms with van der Waals surface area (Å²) in [6.07, 6.45) is 0. The molecule has 0 saturated carbocycles. The molecule has 1 aliphatic rings. The van der Waals surface area contributed by atoms with Gasteiger partial charge in [-0.2, -0.15) is 0 Å². The number of hydrogen-bond acceptors (Lipinski definition) is 5. The molecule has 0 aromatic heterocycles. The van der Waals surface area contributed by atoms with E-state index in [9.17, 15) is 14.7 Å². The molecule has 5 nitrogen and oxygen atoms in total. The number of carbonyl (C=O) groups is 2. The topological polar surface area (TPSA) is 89.6 Å². The number of halogens is 1. The first-order chi connectivity index (χ1) is 13.0. The molecule has 0 radical (unpaired) electrons. The van der Waals surface area contributed by atoms with Gasteiger partial charge in [-0.05, 0) is 23.8 Å². The summed E-state index contributed by atoms with van der Waals surface area (Å²) in [5.41, 5.74) is 7.23. The summed E-state index contributed by atoms with van der Waals surface area (Å²) in [7, 11) is 0. The van der Waals surface area contributed by atoms with Gasteiger partial charge in [-0.25, -0.2) is 0 Å². The van der Waals surface area contributed by atoms with Crippen LogP contribution in [0.2, 0.25) is 5.02 Å². The number of aromatic hydroxyl groups is 1. The average Bonchev–Trinajstić information content (AvgIpc) is 2.67.